The van der Waals surface area contributed by atoms with Gasteiger partial charge in [0.25, 0.3) is 0 Å². The van der Waals surface area contributed by atoms with Crippen LogP contribution in [0.25, 0.3) is 0 Å². The number of amides is 4. The second-order valence-corrected chi connectivity index (χ2v) is 10.8. The molecule has 0 bridgehead atoms. The molecule has 3 rings (SSSR count). The third-order valence-corrected chi connectivity index (χ3v) is 6.88. The van der Waals surface area contributed by atoms with Gasteiger partial charge in [-0.05, 0) is 48.9 Å². The summed E-state index contributed by atoms with van der Waals surface area (Å²) in [7, 11) is 0. The Labute approximate surface area is 244 Å². The predicted octanol–water partition coefficient (Wildman–Crippen LogP) is 0.540. The van der Waals surface area contributed by atoms with Crippen LogP contribution >= 0.6 is 0 Å². The van der Waals surface area contributed by atoms with Gasteiger partial charge in [-0.1, -0.05) is 56.3 Å². The first kappa shape index (κ1) is 32.1. The average molecular weight is 582 g/mol. The van der Waals surface area contributed by atoms with E-state index in [-0.39, 0.29) is 37.0 Å². The molecule has 42 heavy (non-hydrogen) atoms. The van der Waals surface area contributed by atoms with E-state index in [9.17, 15) is 34.2 Å². The minimum Gasteiger partial charge on any atom is -0.508 e. The number of carboxylic acids is 1. The number of carbonyl (C=O) groups is 5. The maximum Gasteiger partial charge on any atom is 0.326 e. The fourth-order valence-corrected chi connectivity index (χ4v) is 4.73. The monoisotopic (exact) mass is 581 g/mol. The molecule has 226 valence electrons. The summed E-state index contributed by atoms with van der Waals surface area (Å²) in [6.45, 7) is 4.74. The summed E-state index contributed by atoms with van der Waals surface area (Å²) in [6.07, 6.45) is 0.316. The molecule has 12 heteroatoms. The van der Waals surface area contributed by atoms with Crippen molar-refractivity contribution in [3.8, 4) is 5.75 Å². The van der Waals surface area contributed by atoms with Crippen molar-refractivity contribution >= 4 is 29.6 Å². The molecule has 0 radical (unpaired) electrons. The van der Waals surface area contributed by atoms with E-state index in [2.05, 4.69) is 21.3 Å². The first-order valence-corrected chi connectivity index (χ1v) is 13.9. The summed E-state index contributed by atoms with van der Waals surface area (Å²) in [5.41, 5.74) is 1.61. The highest BCUT2D eigenvalue weighted by Gasteiger charge is 2.37. The molecular weight excluding hydrogens is 542 g/mol. The average Bonchev–Trinajstić information content (AvgIpc) is 3.19. The van der Waals surface area contributed by atoms with E-state index >= 15 is 0 Å². The zero-order valence-electron chi connectivity index (χ0n) is 24.0. The molecular formula is C30H39N5O7. The van der Waals surface area contributed by atoms with Crippen molar-refractivity contribution in [1.82, 2.24) is 26.2 Å². The van der Waals surface area contributed by atoms with Crippen molar-refractivity contribution in [2.45, 2.75) is 64.3 Å². The fraction of sp³-hybridized carbons (Fsp3) is 0.433. The fourth-order valence-electron chi connectivity index (χ4n) is 4.73. The van der Waals surface area contributed by atoms with Gasteiger partial charge in [-0.15, -0.1) is 0 Å². The van der Waals surface area contributed by atoms with Crippen molar-refractivity contribution in [1.29, 1.82) is 0 Å². The summed E-state index contributed by atoms with van der Waals surface area (Å²) < 4.78 is 0. The van der Waals surface area contributed by atoms with Crippen LogP contribution in [0.4, 0.5) is 0 Å². The predicted molar refractivity (Wildman–Crippen MR) is 154 cm³/mol. The Balaban J connectivity index is 1.56. The molecule has 0 spiro atoms. The molecule has 4 atom stereocenters. The molecule has 1 saturated heterocycles. The number of carboxylic acid groups (broad SMARTS) is 1. The SMILES string of the molecule is CC(C)C[C@H](NC(=O)[C@H](Cc1ccccc1)NC(=O)CNC(=O)CN1C(=O)C(Cc2ccc(O)cc2)NC1C)C(=O)O. The van der Waals surface area contributed by atoms with Crippen LogP contribution in [0.5, 0.6) is 5.75 Å². The molecule has 4 amide bonds. The number of aliphatic carboxylic acids is 1. The lowest BCUT2D eigenvalue weighted by molar-refractivity contribution is -0.142. The maximum absolute atomic E-state index is 13.1. The number of nitrogens with zero attached hydrogens (tertiary/aromatic N) is 1. The highest BCUT2D eigenvalue weighted by Crippen LogP contribution is 2.17. The van der Waals surface area contributed by atoms with Gasteiger partial charge in [0, 0.05) is 6.42 Å². The minimum absolute atomic E-state index is 0.0206. The number of rotatable bonds is 14. The summed E-state index contributed by atoms with van der Waals surface area (Å²) in [4.78, 5) is 64.4. The largest absolute Gasteiger partial charge is 0.508 e. The van der Waals surface area contributed by atoms with E-state index in [4.69, 9.17) is 0 Å². The van der Waals surface area contributed by atoms with E-state index in [1.165, 1.54) is 4.90 Å². The van der Waals surface area contributed by atoms with Crippen LogP contribution in [0.3, 0.4) is 0 Å². The van der Waals surface area contributed by atoms with Crippen molar-refractivity contribution in [2.24, 2.45) is 5.92 Å². The van der Waals surface area contributed by atoms with Crippen LogP contribution in [0.2, 0.25) is 0 Å². The van der Waals surface area contributed by atoms with Crippen LogP contribution in [0, 0.1) is 5.92 Å². The van der Waals surface area contributed by atoms with Crippen molar-refractivity contribution in [3.63, 3.8) is 0 Å². The quantitative estimate of drug-likeness (QED) is 0.187. The van der Waals surface area contributed by atoms with Gasteiger partial charge in [0.15, 0.2) is 0 Å². The molecule has 1 aliphatic rings. The topological polar surface area (TPSA) is 177 Å². The Morgan fingerprint density at radius 2 is 1.60 bits per heavy atom. The molecule has 2 aromatic carbocycles. The molecule has 2 unspecified atom stereocenters. The molecule has 6 N–H and O–H groups in total. The zero-order chi connectivity index (χ0) is 30.8. The van der Waals surface area contributed by atoms with Crippen molar-refractivity contribution < 1.29 is 34.2 Å². The molecule has 0 aliphatic carbocycles. The smallest absolute Gasteiger partial charge is 0.326 e. The van der Waals surface area contributed by atoms with Gasteiger partial charge >= 0.3 is 5.97 Å². The zero-order valence-corrected chi connectivity index (χ0v) is 24.0. The number of aromatic hydroxyl groups is 1. The number of phenolic OH excluding ortho intramolecular Hbond substituents is 1. The number of benzene rings is 2. The van der Waals surface area contributed by atoms with E-state index in [1.54, 1.807) is 55.5 Å². The van der Waals surface area contributed by atoms with Crippen LogP contribution in [-0.2, 0) is 36.8 Å². The summed E-state index contributed by atoms with van der Waals surface area (Å²) in [5, 5.41) is 29.8. The number of phenols is 1. The molecule has 1 fully saturated rings. The summed E-state index contributed by atoms with van der Waals surface area (Å²) in [6, 6.07) is 12.8. The van der Waals surface area contributed by atoms with Gasteiger partial charge in [-0.3, -0.25) is 24.5 Å². The van der Waals surface area contributed by atoms with Crippen LogP contribution in [0.15, 0.2) is 54.6 Å². The molecule has 0 aromatic heterocycles. The second kappa shape index (κ2) is 15.0. The van der Waals surface area contributed by atoms with E-state index in [0.29, 0.717) is 6.42 Å². The number of hydrogen-bond donors (Lipinski definition) is 6. The summed E-state index contributed by atoms with van der Waals surface area (Å²) in [5.74, 6) is -3.11. The molecule has 1 heterocycles. The van der Waals surface area contributed by atoms with Crippen LogP contribution in [0.1, 0.15) is 38.3 Å². The normalized spacial score (nSPS) is 17.9. The Kier molecular flexibility index (Phi) is 11.4. The molecule has 0 saturated carbocycles. The lowest BCUT2D eigenvalue weighted by Gasteiger charge is -2.23. The van der Waals surface area contributed by atoms with Gasteiger partial charge in [0.1, 0.15) is 24.4 Å². The Hall–Kier alpha value is -4.45. The van der Waals surface area contributed by atoms with Gasteiger partial charge < -0.3 is 31.1 Å². The highest BCUT2D eigenvalue weighted by atomic mass is 16.4. The van der Waals surface area contributed by atoms with Gasteiger partial charge in [-0.2, -0.15) is 0 Å². The first-order valence-electron chi connectivity index (χ1n) is 13.9. The molecule has 12 nitrogen and oxygen atoms in total. The Bertz CT molecular complexity index is 1250. The number of hydrogen-bond acceptors (Lipinski definition) is 7. The second-order valence-electron chi connectivity index (χ2n) is 10.8. The standard InChI is InChI=1S/C30H39N5O7/c1-18(2)13-25(30(41)42)34-28(39)23(14-20-7-5-4-6-8-20)33-26(37)16-31-27(38)17-35-19(3)32-24(29(35)40)15-21-9-11-22(36)12-10-21/h4-12,18-19,23-25,32,36H,13-17H2,1-3H3,(H,31,38)(H,33,37)(H,34,39)(H,41,42)/t19?,23-,24?,25-/m0/s1. The third-order valence-electron chi connectivity index (χ3n) is 6.88. The maximum atomic E-state index is 13.1. The van der Waals surface area contributed by atoms with Gasteiger partial charge in [-0.25, -0.2) is 4.79 Å². The third kappa shape index (κ3) is 9.58. The van der Waals surface area contributed by atoms with Crippen molar-refractivity contribution in [3.05, 3.63) is 65.7 Å². The minimum atomic E-state index is -1.17. The Morgan fingerprint density at radius 1 is 0.929 bits per heavy atom. The summed E-state index contributed by atoms with van der Waals surface area (Å²) >= 11 is 0. The van der Waals surface area contributed by atoms with E-state index in [0.717, 1.165) is 11.1 Å². The molecule has 1 aliphatic heterocycles. The van der Waals surface area contributed by atoms with E-state index < -0.39 is 54.5 Å². The molecule has 2 aromatic rings. The van der Waals surface area contributed by atoms with E-state index in [1.807, 2.05) is 19.9 Å². The van der Waals surface area contributed by atoms with Crippen molar-refractivity contribution in [2.75, 3.05) is 13.1 Å². The van der Waals surface area contributed by atoms with Gasteiger partial charge in [0.2, 0.25) is 23.6 Å². The number of carbonyl (C=O) groups excluding carboxylic acids is 4. The number of nitrogens with one attached hydrogen (secondary N) is 4. The van der Waals surface area contributed by atoms with Crippen LogP contribution < -0.4 is 21.3 Å². The van der Waals surface area contributed by atoms with Crippen LogP contribution in [-0.4, -0.2) is 82.1 Å². The van der Waals surface area contributed by atoms with Gasteiger partial charge in [0.05, 0.1) is 18.8 Å². The Morgan fingerprint density at radius 3 is 2.21 bits per heavy atom. The lowest BCUT2D eigenvalue weighted by atomic mass is 10.0. The lowest BCUT2D eigenvalue weighted by Crippen LogP contribution is -2.54. The first-order chi connectivity index (χ1) is 19.9. The highest BCUT2D eigenvalue weighted by molar-refractivity contribution is 5.93.